The molecule has 0 spiro atoms. The lowest BCUT2D eigenvalue weighted by molar-refractivity contribution is 0.102. The summed E-state index contributed by atoms with van der Waals surface area (Å²) in [5.74, 6) is 0.820. The lowest BCUT2D eigenvalue weighted by Crippen LogP contribution is -2.14. The van der Waals surface area contributed by atoms with Crippen molar-refractivity contribution in [1.29, 1.82) is 0 Å². The van der Waals surface area contributed by atoms with Crippen molar-refractivity contribution in [3.05, 3.63) is 41.1 Å². The number of anilines is 1. The second-order valence-electron chi connectivity index (χ2n) is 6.07. The van der Waals surface area contributed by atoms with Gasteiger partial charge >= 0.3 is 0 Å². The van der Waals surface area contributed by atoms with Gasteiger partial charge in [0.15, 0.2) is 5.82 Å². The van der Waals surface area contributed by atoms with Gasteiger partial charge in [-0.05, 0) is 19.1 Å². The number of carbonyl (C=O) groups is 1. The highest BCUT2D eigenvalue weighted by Gasteiger charge is 2.18. The second-order valence-corrected chi connectivity index (χ2v) is 6.07. The van der Waals surface area contributed by atoms with Gasteiger partial charge in [0.2, 0.25) is 0 Å². The van der Waals surface area contributed by atoms with Gasteiger partial charge in [0.1, 0.15) is 5.75 Å². The highest BCUT2D eigenvalue weighted by molar-refractivity contribution is 6.05. The maximum atomic E-state index is 12.4. The molecule has 112 valence electrons. The van der Waals surface area contributed by atoms with E-state index in [4.69, 9.17) is 4.74 Å². The normalized spacial score (nSPS) is 11.3. The first kappa shape index (κ1) is 15.1. The molecule has 1 amide bonds. The number of nitrogens with zero attached hydrogens (tertiary/aromatic N) is 1. The molecule has 1 heterocycles. The molecule has 0 atom stereocenters. The van der Waals surface area contributed by atoms with Crippen LogP contribution >= 0.6 is 0 Å². The molecule has 0 radical (unpaired) electrons. The van der Waals surface area contributed by atoms with Crippen LogP contribution in [-0.2, 0) is 5.41 Å². The third kappa shape index (κ3) is 3.42. The number of nitrogens with one attached hydrogen (secondary N) is 2. The Balaban J connectivity index is 2.22. The molecular weight excluding hydrogens is 266 g/mol. The Hall–Kier alpha value is -2.30. The quantitative estimate of drug-likeness (QED) is 0.910. The molecule has 5 heteroatoms. The summed E-state index contributed by atoms with van der Waals surface area (Å²) in [6.45, 7) is 8.17. The Labute approximate surface area is 124 Å². The van der Waals surface area contributed by atoms with Gasteiger partial charge in [-0.1, -0.05) is 32.4 Å². The summed E-state index contributed by atoms with van der Waals surface area (Å²) in [5.41, 5.74) is 2.42. The van der Waals surface area contributed by atoms with Crippen molar-refractivity contribution in [1.82, 2.24) is 10.2 Å². The summed E-state index contributed by atoms with van der Waals surface area (Å²) in [6.07, 6.45) is 0. The third-order valence-corrected chi connectivity index (χ3v) is 3.23. The van der Waals surface area contributed by atoms with Crippen LogP contribution in [0.25, 0.3) is 0 Å². The third-order valence-electron chi connectivity index (χ3n) is 3.23. The summed E-state index contributed by atoms with van der Waals surface area (Å²) in [6, 6.07) is 7.34. The van der Waals surface area contributed by atoms with Crippen molar-refractivity contribution in [3.63, 3.8) is 0 Å². The van der Waals surface area contributed by atoms with Crippen molar-refractivity contribution in [3.8, 4) is 5.75 Å². The van der Waals surface area contributed by atoms with Crippen molar-refractivity contribution < 1.29 is 9.53 Å². The van der Waals surface area contributed by atoms with Crippen LogP contribution in [0, 0.1) is 6.92 Å². The van der Waals surface area contributed by atoms with Gasteiger partial charge in [-0.15, -0.1) is 0 Å². The summed E-state index contributed by atoms with van der Waals surface area (Å²) >= 11 is 0. The minimum atomic E-state index is -0.234. The fourth-order valence-corrected chi connectivity index (χ4v) is 1.95. The van der Waals surface area contributed by atoms with E-state index in [1.807, 2.05) is 19.1 Å². The number of ether oxygens (including phenoxy) is 1. The smallest absolute Gasteiger partial charge is 0.260 e. The van der Waals surface area contributed by atoms with E-state index in [0.717, 1.165) is 11.3 Å². The van der Waals surface area contributed by atoms with Crippen LogP contribution in [0.4, 0.5) is 5.82 Å². The summed E-state index contributed by atoms with van der Waals surface area (Å²) in [5, 5.41) is 9.87. The van der Waals surface area contributed by atoms with Crippen LogP contribution in [0.1, 0.15) is 42.4 Å². The van der Waals surface area contributed by atoms with Gasteiger partial charge in [0.25, 0.3) is 5.91 Å². The van der Waals surface area contributed by atoms with Gasteiger partial charge in [-0.3, -0.25) is 9.89 Å². The predicted octanol–water partition coefficient (Wildman–Crippen LogP) is 3.28. The minimum absolute atomic E-state index is 0.0446. The first-order chi connectivity index (χ1) is 9.81. The van der Waals surface area contributed by atoms with Gasteiger partial charge in [0, 0.05) is 17.2 Å². The number of H-pyrrole nitrogens is 1. The molecular formula is C16H21N3O2. The molecule has 5 nitrogen and oxygen atoms in total. The van der Waals surface area contributed by atoms with E-state index < -0.39 is 0 Å². The predicted molar refractivity (Wildman–Crippen MR) is 83.0 cm³/mol. The van der Waals surface area contributed by atoms with E-state index in [9.17, 15) is 4.79 Å². The number of amides is 1. The van der Waals surface area contributed by atoms with Gasteiger partial charge in [0.05, 0.1) is 12.7 Å². The van der Waals surface area contributed by atoms with Crippen molar-refractivity contribution in [2.75, 3.05) is 12.4 Å². The van der Waals surface area contributed by atoms with E-state index in [-0.39, 0.29) is 11.3 Å². The standard InChI is InChI=1S/C16H21N3O2/c1-10-6-7-12(21-5)11(8-10)15(20)17-14-9-13(18-19-14)16(2,3)4/h6-9H,1-5H3,(H2,17,18,19,20). The van der Waals surface area contributed by atoms with Crippen LogP contribution < -0.4 is 10.1 Å². The monoisotopic (exact) mass is 287 g/mol. The maximum absolute atomic E-state index is 12.4. The molecule has 0 aliphatic heterocycles. The molecule has 0 unspecified atom stereocenters. The van der Waals surface area contributed by atoms with Crippen LogP contribution in [0.15, 0.2) is 24.3 Å². The average molecular weight is 287 g/mol. The van der Waals surface area contributed by atoms with Crippen molar-refractivity contribution >= 4 is 11.7 Å². The topological polar surface area (TPSA) is 67.0 Å². The number of rotatable bonds is 3. The number of aromatic nitrogens is 2. The van der Waals surface area contributed by atoms with E-state index in [0.29, 0.717) is 17.1 Å². The van der Waals surface area contributed by atoms with Crippen LogP contribution in [0.2, 0.25) is 0 Å². The lowest BCUT2D eigenvalue weighted by Gasteiger charge is -2.14. The van der Waals surface area contributed by atoms with Crippen LogP contribution in [0.5, 0.6) is 5.75 Å². The summed E-state index contributed by atoms with van der Waals surface area (Å²) < 4.78 is 5.23. The zero-order chi connectivity index (χ0) is 15.6. The fourth-order valence-electron chi connectivity index (χ4n) is 1.95. The molecule has 0 saturated heterocycles. The second kappa shape index (κ2) is 5.60. The molecule has 0 aliphatic carbocycles. The number of benzene rings is 1. The number of hydrogen-bond donors (Lipinski definition) is 2. The minimum Gasteiger partial charge on any atom is -0.496 e. The van der Waals surface area contributed by atoms with E-state index in [2.05, 4.69) is 36.3 Å². The SMILES string of the molecule is COc1ccc(C)cc1C(=O)Nc1cc(C(C)(C)C)[nH]n1. The number of aryl methyl sites for hydroxylation is 1. The van der Waals surface area contributed by atoms with E-state index in [1.165, 1.54) is 0 Å². The number of aromatic amines is 1. The zero-order valence-electron chi connectivity index (χ0n) is 13.1. The Kier molecular flexibility index (Phi) is 4.02. The first-order valence-electron chi connectivity index (χ1n) is 6.83. The lowest BCUT2D eigenvalue weighted by atomic mass is 9.92. The molecule has 0 saturated carbocycles. The molecule has 2 aromatic rings. The Morgan fingerprint density at radius 2 is 2.00 bits per heavy atom. The Bertz CT molecular complexity index is 654. The van der Waals surface area contributed by atoms with Gasteiger partial charge in [-0.2, -0.15) is 5.10 Å². The van der Waals surface area contributed by atoms with Crippen LogP contribution in [-0.4, -0.2) is 23.2 Å². The number of hydrogen-bond acceptors (Lipinski definition) is 3. The molecule has 0 aliphatic rings. The molecule has 2 rings (SSSR count). The zero-order valence-corrected chi connectivity index (χ0v) is 13.1. The van der Waals surface area contributed by atoms with E-state index in [1.54, 1.807) is 19.2 Å². The van der Waals surface area contributed by atoms with Crippen molar-refractivity contribution in [2.24, 2.45) is 0 Å². The molecule has 1 aromatic carbocycles. The van der Waals surface area contributed by atoms with Crippen molar-refractivity contribution in [2.45, 2.75) is 33.1 Å². The Morgan fingerprint density at radius 3 is 2.57 bits per heavy atom. The molecule has 1 aromatic heterocycles. The fraction of sp³-hybridized carbons (Fsp3) is 0.375. The molecule has 2 N–H and O–H groups in total. The van der Waals surface area contributed by atoms with Crippen LogP contribution in [0.3, 0.4) is 0 Å². The number of methoxy groups -OCH3 is 1. The largest absolute Gasteiger partial charge is 0.496 e. The highest BCUT2D eigenvalue weighted by atomic mass is 16.5. The van der Waals surface area contributed by atoms with Gasteiger partial charge in [-0.25, -0.2) is 0 Å². The van der Waals surface area contributed by atoms with E-state index >= 15 is 0 Å². The molecule has 0 fully saturated rings. The Morgan fingerprint density at radius 1 is 1.29 bits per heavy atom. The maximum Gasteiger partial charge on any atom is 0.260 e. The summed E-state index contributed by atoms with van der Waals surface area (Å²) in [7, 11) is 1.55. The number of carbonyl (C=O) groups excluding carboxylic acids is 1. The highest BCUT2D eigenvalue weighted by Crippen LogP contribution is 2.24. The average Bonchev–Trinajstić information content (AvgIpc) is 2.87. The molecule has 21 heavy (non-hydrogen) atoms. The molecule has 0 bridgehead atoms. The first-order valence-corrected chi connectivity index (χ1v) is 6.83. The van der Waals surface area contributed by atoms with Gasteiger partial charge < -0.3 is 10.1 Å². The summed E-state index contributed by atoms with van der Waals surface area (Å²) in [4.78, 5) is 12.4.